The molecule has 0 radical (unpaired) electrons. The first-order valence-electron chi connectivity index (χ1n) is 10.4. The van der Waals surface area contributed by atoms with Crippen molar-refractivity contribution in [3.8, 4) is 17.0 Å². The minimum Gasteiger partial charge on any atom is -0.507 e. The zero-order valence-electron chi connectivity index (χ0n) is 18.3. The summed E-state index contributed by atoms with van der Waals surface area (Å²) >= 11 is 0. The van der Waals surface area contributed by atoms with Crippen molar-refractivity contribution in [2.24, 2.45) is 5.92 Å². The molecule has 1 aliphatic rings. The molecular formula is C23H31N3O4. The van der Waals surface area contributed by atoms with Crippen molar-refractivity contribution in [2.45, 2.75) is 59.2 Å². The zero-order chi connectivity index (χ0) is 22.1. The van der Waals surface area contributed by atoms with Gasteiger partial charge in [0.25, 0.3) is 0 Å². The number of amides is 1. The van der Waals surface area contributed by atoms with Crippen LogP contribution in [0.4, 0.5) is 4.79 Å². The Bertz CT molecular complexity index is 923. The molecular weight excluding hydrogens is 382 g/mol. The van der Waals surface area contributed by atoms with Crippen molar-refractivity contribution in [2.75, 3.05) is 13.1 Å². The highest BCUT2D eigenvalue weighted by Crippen LogP contribution is 2.33. The lowest BCUT2D eigenvalue weighted by molar-refractivity contribution is 0.00151. The maximum absolute atomic E-state index is 12.4. The van der Waals surface area contributed by atoms with Gasteiger partial charge in [-0.2, -0.15) is 10.2 Å². The van der Waals surface area contributed by atoms with Crippen LogP contribution in [-0.4, -0.2) is 50.1 Å². The molecule has 2 unspecified atom stereocenters. The van der Waals surface area contributed by atoms with Crippen LogP contribution in [0.25, 0.3) is 11.3 Å². The highest BCUT2D eigenvalue weighted by molar-refractivity contribution is 5.68. The molecule has 1 saturated heterocycles. The molecule has 2 atom stereocenters. The average Bonchev–Trinajstić information content (AvgIpc) is 2.66. The summed E-state index contributed by atoms with van der Waals surface area (Å²) in [5, 5.41) is 29.7. The molecule has 1 aromatic carbocycles. The Hall–Kier alpha value is -2.67. The maximum Gasteiger partial charge on any atom is 0.410 e. The number of benzene rings is 1. The second kappa shape index (κ2) is 8.60. The number of nitrogens with zero attached hydrogens (tertiary/aromatic N) is 3. The van der Waals surface area contributed by atoms with E-state index in [0.29, 0.717) is 30.0 Å². The number of aromatic hydroxyl groups is 1. The SMILES string of the molecule is Cc1ccc(-c2cc(C)c(C(O)C3CCCN(C(=O)OC(C)(C)C)C3)nn2)c(O)c1. The van der Waals surface area contributed by atoms with Crippen LogP contribution in [0.3, 0.4) is 0 Å². The number of aryl methyl sites for hydroxylation is 2. The Balaban J connectivity index is 1.76. The molecule has 1 amide bonds. The fourth-order valence-corrected chi connectivity index (χ4v) is 3.76. The standard InChI is InChI=1S/C23H31N3O4/c1-14-8-9-17(19(27)11-14)18-12-15(2)20(25-24-18)21(28)16-7-6-10-26(13-16)22(29)30-23(3,4)5/h8-9,11-12,16,21,27-28H,6-7,10,13H2,1-5H3. The Morgan fingerprint density at radius 3 is 2.60 bits per heavy atom. The minimum absolute atomic E-state index is 0.141. The summed E-state index contributed by atoms with van der Waals surface area (Å²) in [6.45, 7) is 10.3. The van der Waals surface area contributed by atoms with Crippen molar-refractivity contribution in [1.82, 2.24) is 15.1 Å². The number of carbonyl (C=O) groups is 1. The van der Waals surface area contributed by atoms with E-state index in [0.717, 1.165) is 24.0 Å². The number of aliphatic hydroxyl groups is 1. The first kappa shape index (κ1) is 22.0. The number of aromatic nitrogens is 2. The summed E-state index contributed by atoms with van der Waals surface area (Å²) in [6, 6.07) is 7.22. The van der Waals surface area contributed by atoms with Gasteiger partial charge in [0.05, 0.1) is 11.4 Å². The van der Waals surface area contributed by atoms with E-state index in [9.17, 15) is 15.0 Å². The molecule has 7 nitrogen and oxygen atoms in total. The van der Waals surface area contributed by atoms with Crippen molar-refractivity contribution in [1.29, 1.82) is 0 Å². The van der Waals surface area contributed by atoms with Crippen molar-refractivity contribution in [3.63, 3.8) is 0 Å². The molecule has 2 aromatic rings. The molecule has 3 rings (SSSR count). The maximum atomic E-state index is 12.4. The lowest BCUT2D eigenvalue weighted by atomic mass is 9.89. The van der Waals surface area contributed by atoms with Gasteiger partial charge in [0.2, 0.25) is 0 Å². The van der Waals surface area contributed by atoms with E-state index in [1.807, 2.05) is 52.8 Å². The molecule has 2 N–H and O–H groups in total. The van der Waals surface area contributed by atoms with E-state index in [4.69, 9.17) is 4.74 Å². The molecule has 7 heteroatoms. The third-order valence-electron chi connectivity index (χ3n) is 5.29. The molecule has 0 aliphatic carbocycles. The highest BCUT2D eigenvalue weighted by atomic mass is 16.6. The number of aliphatic hydroxyl groups excluding tert-OH is 1. The fraction of sp³-hybridized carbons (Fsp3) is 0.522. The van der Waals surface area contributed by atoms with Gasteiger partial charge >= 0.3 is 6.09 Å². The Labute approximate surface area is 177 Å². The quantitative estimate of drug-likeness (QED) is 0.785. The van der Waals surface area contributed by atoms with Gasteiger partial charge in [0, 0.05) is 24.6 Å². The number of phenolic OH excluding ortho intramolecular Hbond substituents is 1. The summed E-state index contributed by atoms with van der Waals surface area (Å²) < 4.78 is 5.47. The van der Waals surface area contributed by atoms with Crippen molar-refractivity contribution in [3.05, 3.63) is 41.1 Å². The van der Waals surface area contributed by atoms with Crippen molar-refractivity contribution >= 4 is 6.09 Å². The monoisotopic (exact) mass is 413 g/mol. The minimum atomic E-state index is -0.830. The lowest BCUT2D eigenvalue weighted by Gasteiger charge is -2.36. The number of likely N-dealkylation sites (tertiary alicyclic amines) is 1. The smallest absolute Gasteiger partial charge is 0.410 e. The van der Waals surface area contributed by atoms with Crippen LogP contribution < -0.4 is 0 Å². The number of ether oxygens (including phenoxy) is 1. The van der Waals surface area contributed by atoms with E-state index < -0.39 is 11.7 Å². The van der Waals surface area contributed by atoms with Crippen LogP contribution in [0.1, 0.15) is 56.5 Å². The number of hydrogen-bond acceptors (Lipinski definition) is 6. The largest absolute Gasteiger partial charge is 0.507 e. The molecule has 0 saturated carbocycles. The summed E-state index contributed by atoms with van der Waals surface area (Å²) in [5.41, 5.74) is 2.86. The van der Waals surface area contributed by atoms with E-state index in [1.165, 1.54) is 0 Å². The molecule has 0 bridgehead atoms. The van der Waals surface area contributed by atoms with Gasteiger partial charge < -0.3 is 19.8 Å². The Kier molecular flexibility index (Phi) is 6.31. The third-order valence-corrected chi connectivity index (χ3v) is 5.29. The van der Waals surface area contributed by atoms with Crippen LogP contribution in [0.15, 0.2) is 24.3 Å². The van der Waals surface area contributed by atoms with Gasteiger partial charge in [-0.1, -0.05) is 6.07 Å². The average molecular weight is 414 g/mol. The molecule has 1 aromatic heterocycles. The number of carbonyl (C=O) groups excluding carboxylic acids is 1. The van der Waals surface area contributed by atoms with Crippen LogP contribution in [0.2, 0.25) is 0 Å². The summed E-state index contributed by atoms with van der Waals surface area (Å²) in [7, 11) is 0. The van der Waals surface area contributed by atoms with Crippen molar-refractivity contribution < 1.29 is 19.7 Å². The number of hydrogen-bond donors (Lipinski definition) is 2. The highest BCUT2D eigenvalue weighted by Gasteiger charge is 2.33. The zero-order valence-corrected chi connectivity index (χ0v) is 18.3. The van der Waals surface area contributed by atoms with Crippen LogP contribution in [0.5, 0.6) is 5.75 Å². The second-order valence-corrected chi connectivity index (χ2v) is 9.09. The normalized spacial score (nSPS) is 18.2. The first-order valence-corrected chi connectivity index (χ1v) is 10.4. The van der Waals surface area contributed by atoms with E-state index in [-0.39, 0.29) is 17.8 Å². The number of piperidine rings is 1. The van der Waals surface area contributed by atoms with E-state index >= 15 is 0 Å². The number of phenols is 1. The second-order valence-electron chi connectivity index (χ2n) is 9.09. The van der Waals surface area contributed by atoms with Crippen LogP contribution >= 0.6 is 0 Å². The summed E-state index contributed by atoms with van der Waals surface area (Å²) in [4.78, 5) is 14.1. The molecule has 1 fully saturated rings. The summed E-state index contributed by atoms with van der Waals surface area (Å²) in [6.07, 6.45) is 0.404. The van der Waals surface area contributed by atoms with Crippen LogP contribution in [-0.2, 0) is 4.74 Å². The molecule has 2 heterocycles. The predicted octanol–water partition coefficient (Wildman–Crippen LogP) is 4.15. The molecule has 30 heavy (non-hydrogen) atoms. The molecule has 1 aliphatic heterocycles. The van der Waals surface area contributed by atoms with Gasteiger partial charge in [0.15, 0.2) is 0 Å². The summed E-state index contributed by atoms with van der Waals surface area (Å²) in [5.74, 6) is 0.00942. The van der Waals surface area contributed by atoms with Gasteiger partial charge in [-0.05, 0) is 76.8 Å². The van der Waals surface area contributed by atoms with Gasteiger partial charge in [-0.3, -0.25) is 0 Å². The third kappa shape index (κ3) is 5.08. The lowest BCUT2D eigenvalue weighted by Crippen LogP contribution is -2.44. The Morgan fingerprint density at radius 1 is 1.23 bits per heavy atom. The molecule has 162 valence electrons. The van der Waals surface area contributed by atoms with Gasteiger partial charge in [0.1, 0.15) is 17.5 Å². The fourth-order valence-electron chi connectivity index (χ4n) is 3.76. The predicted molar refractivity (Wildman–Crippen MR) is 114 cm³/mol. The van der Waals surface area contributed by atoms with E-state index in [1.54, 1.807) is 11.0 Å². The van der Waals surface area contributed by atoms with E-state index in [2.05, 4.69) is 10.2 Å². The first-order chi connectivity index (χ1) is 14.0. The Morgan fingerprint density at radius 2 is 1.97 bits per heavy atom. The van der Waals surface area contributed by atoms with Crippen LogP contribution in [0, 0.1) is 19.8 Å². The molecule has 0 spiro atoms. The van der Waals surface area contributed by atoms with Gasteiger partial charge in [-0.15, -0.1) is 0 Å². The number of rotatable bonds is 3. The van der Waals surface area contributed by atoms with Gasteiger partial charge in [-0.25, -0.2) is 4.79 Å². The topological polar surface area (TPSA) is 95.8 Å².